The van der Waals surface area contributed by atoms with Gasteiger partial charge in [-0.1, -0.05) is 0 Å². The van der Waals surface area contributed by atoms with Gasteiger partial charge in [0.1, 0.15) is 11.5 Å². The van der Waals surface area contributed by atoms with Gasteiger partial charge in [-0.25, -0.2) is 4.98 Å². The van der Waals surface area contributed by atoms with Gasteiger partial charge in [-0.2, -0.15) is 0 Å². The van der Waals surface area contributed by atoms with Gasteiger partial charge in [-0.15, -0.1) is 0 Å². The lowest BCUT2D eigenvalue weighted by Crippen LogP contribution is -2.13. The van der Waals surface area contributed by atoms with Crippen molar-refractivity contribution in [3.05, 3.63) is 41.6 Å². The lowest BCUT2D eigenvalue weighted by atomic mass is 10.3. The summed E-state index contributed by atoms with van der Waals surface area (Å²) in [5.41, 5.74) is 1.000. The Hall–Kier alpha value is -2.30. The minimum atomic E-state index is -0.279. The molecule has 0 atom stereocenters. The normalized spacial score (nSPS) is 10.3. The molecule has 0 bridgehead atoms. The van der Waals surface area contributed by atoms with E-state index >= 15 is 0 Å². The topological polar surface area (TPSA) is 64.4 Å². The summed E-state index contributed by atoms with van der Waals surface area (Å²) in [7, 11) is 0. The van der Waals surface area contributed by atoms with Gasteiger partial charge in [0.15, 0.2) is 11.6 Å². The summed E-state index contributed by atoms with van der Waals surface area (Å²) in [6, 6.07) is 7.18. The maximum absolute atomic E-state index is 12.0. The SMILES string of the molecule is CCOc1ccc(NC(=O)c2nc(C)oc2C)cc1. The molecule has 1 aromatic heterocycles. The molecule has 0 aliphatic heterocycles. The number of hydrogen-bond acceptors (Lipinski definition) is 4. The van der Waals surface area contributed by atoms with Crippen molar-refractivity contribution >= 4 is 11.6 Å². The van der Waals surface area contributed by atoms with Crippen LogP contribution in [-0.4, -0.2) is 17.5 Å². The van der Waals surface area contributed by atoms with Crippen molar-refractivity contribution in [1.82, 2.24) is 4.98 Å². The minimum absolute atomic E-state index is 0.279. The van der Waals surface area contributed by atoms with Crippen LogP contribution in [0.3, 0.4) is 0 Å². The zero-order valence-electron chi connectivity index (χ0n) is 11.2. The summed E-state index contributed by atoms with van der Waals surface area (Å²) in [6.45, 7) is 5.96. The summed E-state index contributed by atoms with van der Waals surface area (Å²) < 4.78 is 10.6. The van der Waals surface area contributed by atoms with E-state index in [1.54, 1.807) is 38.1 Å². The van der Waals surface area contributed by atoms with E-state index in [-0.39, 0.29) is 5.91 Å². The fraction of sp³-hybridized carbons (Fsp3) is 0.286. The van der Waals surface area contributed by atoms with E-state index in [0.717, 1.165) is 5.75 Å². The van der Waals surface area contributed by atoms with Crippen LogP contribution in [0.25, 0.3) is 0 Å². The summed E-state index contributed by atoms with van der Waals surface area (Å²) in [6.07, 6.45) is 0. The number of rotatable bonds is 4. The first-order valence-corrected chi connectivity index (χ1v) is 6.08. The first-order chi connectivity index (χ1) is 9.10. The first-order valence-electron chi connectivity index (χ1n) is 6.08. The maximum Gasteiger partial charge on any atom is 0.277 e. The van der Waals surface area contributed by atoms with E-state index < -0.39 is 0 Å². The predicted octanol–water partition coefficient (Wildman–Crippen LogP) is 2.94. The van der Waals surface area contributed by atoms with Gasteiger partial charge in [-0.3, -0.25) is 4.79 Å². The molecule has 1 aromatic carbocycles. The van der Waals surface area contributed by atoms with E-state index in [1.807, 2.05) is 6.92 Å². The highest BCUT2D eigenvalue weighted by atomic mass is 16.5. The predicted molar refractivity (Wildman–Crippen MR) is 71.5 cm³/mol. The quantitative estimate of drug-likeness (QED) is 0.918. The third-order valence-electron chi connectivity index (χ3n) is 2.54. The summed E-state index contributed by atoms with van der Waals surface area (Å²) in [5.74, 6) is 1.49. The van der Waals surface area contributed by atoms with E-state index in [9.17, 15) is 4.79 Å². The van der Waals surface area contributed by atoms with Crippen LogP contribution >= 0.6 is 0 Å². The molecule has 0 aliphatic rings. The van der Waals surface area contributed by atoms with Gasteiger partial charge in [0.25, 0.3) is 5.91 Å². The third-order valence-corrected chi connectivity index (χ3v) is 2.54. The fourth-order valence-electron chi connectivity index (χ4n) is 1.73. The Bertz CT molecular complexity index is 573. The second-order valence-electron chi connectivity index (χ2n) is 4.05. The van der Waals surface area contributed by atoms with Crippen LogP contribution in [0.1, 0.15) is 29.1 Å². The lowest BCUT2D eigenvalue weighted by Gasteiger charge is -2.06. The van der Waals surface area contributed by atoms with Crippen LogP contribution in [-0.2, 0) is 0 Å². The van der Waals surface area contributed by atoms with E-state index in [0.29, 0.717) is 29.6 Å². The standard InChI is InChI=1S/C14H16N2O3/c1-4-18-12-7-5-11(6-8-12)16-14(17)13-9(2)19-10(3)15-13/h5-8H,4H2,1-3H3,(H,16,17). The third kappa shape index (κ3) is 3.13. The maximum atomic E-state index is 12.0. The molecule has 2 aromatic rings. The number of benzene rings is 1. The van der Waals surface area contributed by atoms with Gasteiger partial charge >= 0.3 is 0 Å². The van der Waals surface area contributed by atoms with Crippen LogP contribution < -0.4 is 10.1 Å². The molecular weight excluding hydrogens is 244 g/mol. The number of carbonyl (C=O) groups is 1. The van der Waals surface area contributed by atoms with Gasteiger partial charge in [0.2, 0.25) is 0 Å². The molecule has 0 spiro atoms. The van der Waals surface area contributed by atoms with Crippen LogP contribution in [0.15, 0.2) is 28.7 Å². The Kier molecular flexibility index (Phi) is 3.85. The molecule has 19 heavy (non-hydrogen) atoms. The van der Waals surface area contributed by atoms with E-state index in [2.05, 4.69) is 10.3 Å². The van der Waals surface area contributed by atoms with Crippen molar-refractivity contribution in [3.63, 3.8) is 0 Å². The van der Waals surface area contributed by atoms with Crippen LogP contribution in [0.2, 0.25) is 0 Å². The average Bonchev–Trinajstić information content (AvgIpc) is 2.71. The van der Waals surface area contributed by atoms with Crippen LogP contribution in [0.5, 0.6) is 5.75 Å². The smallest absolute Gasteiger partial charge is 0.277 e. The molecule has 2 rings (SSSR count). The highest BCUT2D eigenvalue weighted by Gasteiger charge is 2.15. The Morgan fingerprint density at radius 2 is 2.00 bits per heavy atom. The second kappa shape index (κ2) is 5.56. The molecule has 0 aliphatic carbocycles. The number of aryl methyl sites for hydroxylation is 2. The number of aromatic nitrogens is 1. The highest BCUT2D eigenvalue weighted by molar-refractivity contribution is 6.03. The Morgan fingerprint density at radius 1 is 1.32 bits per heavy atom. The van der Waals surface area contributed by atoms with E-state index in [1.165, 1.54) is 0 Å². The lowest BCUT2D eigenvalue weighted by molar-refractivity contribution is 0.102. The van der Waals surface area contributed by atoms with Crippen LogP contribution in [0.4, 0.5) is 5.69 Å². The van der Waals surface area contributed by atoms with Crippen molar-refractivity contribution in [3.8, 4) is 5.75 Å². The molecule has 0 radical (unpaired) electrons. The monoisotopic (exact) mass is 260 g/mol. The minimum Gasteiger partial charge on any atom is -0.494 e. The molecule has 0 saturated carbocycles. The Morgan fingerprint density at radius 3 is 2.53 bits per heavy atom. The summed E-state index contributed by atoms with van der Waals surface area (Å²) >= 11 is 0. The van der Waals surface area contributed by atoms with Gasteiger partial charge in [0.05, 0.1) is 6.61 Å². The fourth-order valence-corrected chi connectivity index (χ4v) is 1.73. The van der Waals surface area contributed by atoms with Crippen molar-refractivity contribution in [2.24, 2.45) is 0 Å². The number of nitrogens with one attached hydrogen (secondary N) is 1. The van der Waals surface area contributed by atoms with Crippen LogP contribution in [0, 0.1) is 13.8 Å². The second-order valence-corrected chi connectivity index (χ2v) is 4.05. The number of anilines is 1. The van der Waals surface area contributed by atoms with E-state index in [4.69, 9.17) is 9.15 Å². The summed E-state index contributed by atoms with van der Waals surface area (Å²) in [4.78, 5) is 16.0. The van der Waals surface area contributed by atoms with Crippen molar-refractivity contribution in [2.75, 3.05) is 11.9 Å². The number of amides is 1. The van der Waals surface area contributed by atoms with Gasteiger partial charge < -0.3 is 14.5 Å². The number of carbonyl (C=O) groups excluding carboxylic acids is 1. The molecule has 5 heteroatoms. The number of nitrogens with zero attached hydrogens (tertiary/aromatic N) is 1. The number of hydrogen-bond donors (Lipinski definition) is 1. The number of oxazole rings is 1. The van der Waals surface area contributed by atoms with Gasteiger partial charge in [0, 0.05) is 12.6 Å². The Balaban J connectivity index is 2.08. The average molecular weight is 260 g/mol. The molecular formula is C14H16N2O3. The molecule has 0 saturated heterocycles. The highest BCUT2D eigenvalue weighted by Crippen LogP contribution is 2.17. The summed E-state index contributed by atoms with van der Waals surface area (Å²) in [5, 5.41) is 2.76. The molecule has 1 heterocycles. The van der Waals surface area contributed by atoms with Crippen molar-refractivity contribution < 1.29 is 13.9 Å². The molecule has 100 valence electrons. The zero-order chi connectivity index (χ0) is 13.8. The zero-order valence-corrected chi connectivity index (χ0v) is 11.2. The molecule has 1 amide bonds. The van der Waals surface area contributed by atoms with Crippen molar-refractivity contribution in [1.29, 1.82) is 0 Å². The molecule has 0 unspecified atom stereocenters. The molecule has 0 fully saturated rings. The van der Waals surface area contributed by atoms with Gasteiger partial charge in [-0.05, 0) is 38.1 Å². The Labute approximate surface area is 111 Å². The van der Waals surface area contributed by atoms with Crippen molar-refractivity contribution in [2.45, 2.75) is 20.8 Å². The molecule has 1 N–H and O–H groups in total. The molecule has 5 nitrogen and oxygen atoms in total. The first kappa shape index (κ1) is 13.1. The number of ether oxygens (including phenoxy) is 1. The largest absolute Gasteiger partial charge is 0.494 e.